The summed E-state index contributed by atoms with van der Waals surface area (Å²) in [5.41, 5.74) is 2.52. The predicted molar refractivity (Wildman–Crippen MR) is 140 cm³/mol. The highest BCUT2D eigenvalue weighted by Gasteiger charge is 2.27. The van der Waals surface area contributed by atoms with Gasteiger partial charge in [-0.2, -0.15) is 4.72 Å². The number of nitrogens with zero attached hydrogens (tertiary/aromatic N) is 1. The molecule has 0 bridgehead atoms. The molecule has 0 radical (unpaired) electrons. The van der Waals surface area contributed by atoms with Crippen LogP contribution in [0.4, 0.5) is 5.13 Å². The molecule has 0 aliphatic rings. The summed E-state index contributed by atoms with van der Waals surface area (Å²) in [6.07, 6.45) is 0.202. The lowest BCUT2D eigenvalue weighted by molar-refractivity contribution is -0.117. The van der Waals surface area contributed by atoms with Crippen LogP contribution in [-0.2, 0) is 21.2 Å². The zero-order valence-corrected chi connectivity index (χ0v) is 21.1. The lowest BCUT2D eigenvalue weighted by atomic mass is 10.1. The van der Waals surface area contributed by atoms with Crippen LogP contribution in [-0.4, -0.2) is 25.4 Å². The Morgan fingerprint density at radius 2 is 1.58 bits per heavy atom. The summed E-state index contributed by atoms with van der Waals surface area (Å²) in [5, 5.41) is 5.04. The molecule has 33 heavy (non-hydrogen) atoms. The maximum absolute atomic E-state index is 13.2. The Balaban J connectivity index is 1.56. The van der Waals surface area contributed by atoms with E-state index in [9.17, 15) is 13.2 Å². The van der Waals surface area contributed by atoms with Crippen molar-refractivity contribution < 1.29 is 13.2 Å². The van der Waals surface area contributed by atoms with E-state index in [1.165, 1.54) is 23.5 Å². The summed E-state index contributed by atoms with van der Waals surface area (Å²) in [6.45, 7) is 0. The first-order valence-corrected chi connectivity index (χ1v) is 13.5. The van der Waals surface area contributed by atoms with Crippen LogP contribution in [0.1, 0.15) is 5.56 Å². The van der Waals surface area contributed by atoms with Gasteiger partial charge in [0.2, 0.25) is 15.9 Å². The minimum absolute atomic E-state index is 0.106. The fraction of sp³-hybridized carbons (Fsp3) is 0.0833. The van der Waals surface area contributed by atoms with Crippen LogP contribution < -0.4 is 10.0 Å². The number of halogens is 1. The third kappa shape index (κ3) is 6.26. The molecule has 4 aromatic rings. The van der Waals surface area contributed by atoms with Crippen molar-refractivity contribution in [3.63, 3.8) is 0 Å². The van der Waals surface area contributed by atoms with Gasteiger partial charge in [0, 0.05) is 14.5 Å². The molecular formula is C24H20IN3O3S2. The summed E-state index contributed by atoms with van der Waals surface area (Å²) in [7, 11) is -3.90. The van der Waals surface area contributed by atoms with Gasteiger partial charge in [0.15, 0.2) is 5.13 Å². The van der Waals surface area contributed by atoms with Gasteiger partial charge in [-0.15, -0.1) is 11.3 Å². The molecule has 9 heteroatoms. The Labute approximate surface area is 210 Å². The lowest BCUT2D eigenvalue weighted by Gasteiger charge is -2.18. The van der Waals surface area contributed by atoms with Crippen LogP contribution in [0, 0.1) is 3.57 Å². The largest absolute Gasteiger partial charge is 0.301 e. The van der Waals surface area contributed by atoms with Gasteiger partial charge < -0.3 is 5.32 Å². The number of aromatic nitrogens is 1. The van der Waals surface area contributed by atoms with Crippen molar-refractivity contribution in [2.24, 2.45) is 0 Å². The van der Waals surface area contributed by atoms with Gasteiger partial charge in [-0.25, -0.2) is 13.4 Å². The number of rotatable bonds is 8. The summed E-state index contributed by atoms with van der Waals surface area (Å²) < 4.78 is 29.5. The Morgan fingerprint density at radius 3 is 2.24 bits per heavy atom. The number of hydrogen-bond donors (Lipinski definition) is 2. The van der Waals surface area contributed by atoms with Crippen LogP contribution in [0.2, 0.25) is 0 Å². The highest BCUT2D eigenvalue weighted by Crippen LogP contribution is 2.25. The van der Waals surface area contributed by atoms with Crippen LogP contribution in [0.15, 0.2) is 95.2 Å². The van der Waals surface area contributed by atoms with Crippen molar-refractivity contribution in [3.8, 4) is 11.3 Å². The van der Waals surface area contributed by atoms with Crippen LogP contribution in [0.5, 0.6) is 0 Å². The third-order valence-corrected chi connectivity index (χ3v) is 7.79. The summed E-state index contributed by atoms with van der Waals surface area (Å²) >= 11 is 3.40. The Bertz CT molecular complexity index is 1330. The van der Waals surface area contributed by atoms with E-state index < -0.39 is 22.0 Å². The molecule has 1 heterocycles. The molecular weight excluding hydrogens is 569 g/mol. The van der Waals surface area contributed by atoms with Crippen LogP contribution >= 0.6 is 33.9 Å². The summed E-state index contributed by atoms with van der Waals surface area (Å²) in [6, 6.07) is 24.4. The minimum atomic E-state index is -3.90. The zero-order valence-electron chi connectivity index (χ0n) is 17.3. The predicted octanol–water partition coefficient (Wildman–Crippen LogP) is 4.94. The number of nitrogens with one attached hydrogen (secondary N) is 2. The first kappa shape index (κ1) is 23.6. The Hall–Kier alpha value is -2.60. The van der Waals surface area contributed by atoms with Gasteiger partial charge in [0.1, 0.15) is 6.04 Å². The number of sulfonamides is 1. The van der Waals surface area contributed by atoms with E-state index in [0.717, 1.165) is 20.4 Å². The van der Waals surface area contributed by atoms with E-state index in [2.05, 4.69) is 37.6 Å². The molecule has 0 unspecified atom stereocenters. The van der Waals surface area contributed by atoms with Crippen LogP contribution in [0.3, 0.4) is 0 Å². The number of benzene rings is 3. The average Bonchev–Trinajstić information content (AvgIpc) is 3.28. The molecule has 0 aliphatic heterocycles. The maximum Gasteiger partial charge on any atom is 0.244 e. The molecule has 6 nitrogen and oxygen atoms in total. The van der Waals surface area contributed by atoms with E-state index in [1.54, 1.807) is 12.1 Å². The molecule has 0 aliphatic carbocycles. The highest BCUT2D eigenvalue weighted by atomic mass is 127. The normalized spacial score (nSPS) is 12.3. The first-order chi connectivity index (χ1) is 15.9. The number of carbonyl (C=O) groups excluding carboxylic acids is 1. The molecule has 3 aromatic carbocycles. The van der Waals surface area contributed by atoms with Crippen molar-refractivity contribution in [1.29, 1.82) is 0 Å². The van der Waals surface area contributed by atoms with Gasteiger partial charge in [-0.3, -0.25) is 4.79 Å². The summed E-state index contributed by atoms with van der Waals surface area (Å²) in [5.74, 6) is -0.470. The van der Waals surface area contributed by atoms with E-state index >= 15 is 0 Å². The van der Waals surface area contributed by atoms with Crippen molar-refractivity contribution in [1.82, 2.24) is 9.71 Å². The van der Waals surface area contributed by atoms with Crippen LogP contribution in [0.25, 0.3) is 11.3 Å². The van der Waals surface area contributed by atoms with E-state index in [1.807, 2.05) is 66.0 Å². The van der Waals surface area contributed by atoms with Crippen molar-refractivity contribution in [3.05, 3.63) is 99.4 Å². The number of anilines is 1. The van der Waals surface area contributed by atoms with Gasteiger partial charge in [-0.05, 0) is 58.8 Å². The van der Waals surface area contributed by atoms with E-state index in [4.69, 9.17) is 0 Å². The lowest BCUT2D eigenvalue weighted by Crippen LogP contribution is -2.45. The van der Waals surface area contributed by atoms with E-state index in [-0.39, 0.29) is 11.3 Å². The number of hydrogen-bond acceptors (Lipinski definition) is 5. The topological polar surface area (TPSA) is 88.2 Å². The molecule has 2 N–H and O–H groups in total. The molecule has 168 valence electrons. The fourth-order valence-electron chi connectivity index (χ4n) is 3.17. The fourth-order valence-corrected chi connectivity index (χ4v) is 5.45. The van der Waals surface area contributed by atoms with E-state index in [0.29, 0.717) is 5.13 Å². The van der Waals surface area contributed by atoms with Gasteiger partial charge >= 0.3 is 0 Å². The maximum atomic E-state index is 13.2. The third-order valence-electron chi connectivity index (χ3n) is 4.82. The second kappa shape index (κ2) is 10.6. The quantitative estimate of drug-likeness (QED) is 0.285. The second-order valence-corrected chi connectivity index (χ2v) is 11.0. The van der Waals surface area contributed by atoms with Gasteiger partial charge in [-0.1, -0.05) is 60.7 Å². The Morgan fingerprint density at radius 1 is 0.939 bits per heavy atom. The number of amides is 1. The molecule has 4 rings (SSSR count). The molecule has 0 saturated carbocycles. The minimum Gasteiger partial charge on any atom is -0.301 e. The highest BCUT2D eigenvalue weighted by molar-refractivity contribution is 14.1. The molecule has 0 spiro atoms. The average molecular weight is 589 g/mol. The Kier molecular flexibility index (Phi) is 7.53. The summed E-state index contributed by atoms with van der Waals surface area (Å²) in [4.78, 5) is 17.7. The number of carbonyl (C=O) groups is 1. The second-order valence-electron chi connectivity index (χ2n) is 7.21. The molecule has 0 saturated heterocycles. The zero-order chi connectivity index (χ0) is 23.3. The van der Waals surface area contributed by atoms with Gasteiger partial charge in [0.25, 0.3) is 0 Å². The van der Waals surface area contributed by atoms with Gasteiger partial charge in [0.05, 0.1) is 10.6 Å². The number of thiazole rings is 1. The molecule has 1 aromatic heterocycles. The molecule has 1 amide bonds. The first-order valence-electron chi connectivity index (χ1n) is 10.0. The van der Waals surface area contributed by atoms with Crippen molar-refractivity contribution in [2.75, 3.05) is 5.32 Å². The SMILES string of the molecule is O=C(Nc1nc(-c2ccccc2)cs1)[C@@H](Cc1ccccc1)NS(=O)(=O)c1ccc(I)cc1. The monoisotopic (exact) mass is 589 g/mol. The molecule has 0 fully saturated rings. The molecule has 1 atom stereocenters. The standard InChI is InChI=1S/C24H20IN3O3S2/c25-19-11-13-20(14-12-19)33(30,31)28-21(15-17-7-3-1-4-8-17)23(29)27-24-26-22(16-32-24)18-9-5-2-6-10-18/h1-14,16,21,28H,15H2,(H,26,27,29)/t21-/m1/s1. The smallest absolute Gasteiger partial charge is 0.244 e. The van der Waals surface area contributed by atoms with Crippen molar-refractivity contribution >= 4 is 55.0 Å². The van der Waals surface area contributed by atoms with Crippen molar-refractivity contribution in [2.45, 2.75) is 17.4 Å².